The molecule has 2 aromatic rings. The number of anilines is 2. The van der Waals surface area contributed by atoms with Crippen molar-refractivity contribution in [3.63, 3.8) is 0 Å². The summed E-state index contributed by atoms with van der Waals surface area (Å²) in [6.07, 6.45) is 0. The molecule has 1 heterocycles. The number of rotatable bonds is 4. The number of nitrogens with zero attached hydrogens (tertiary/aromatic N) is 3. The van der Waals surface area contributed by atoms with Gasteiger partial charge in [-0.05, 0) is 31.2 Å². The highest BCUT2D eigenvalue weighted by Crippen LogP contribution is 2.25. The lowest BCUT2D eigenvalue weighted by Gasteiger charge is -2.02. The second-order valence-corrected chi connectivity index (χ2v) is 3.77. The first-order valence-electron chi connectivity index (χ1n) is 5.85. The van der Waals surface area contributed by atoms with E-state index in [0.29, 0.717) is 23.8 Å². The average Bonchev–Trinajstić information content (AvgIpc) is 2.38. The molecule has 6 heteroatoms. The summed E-state index contributed by atoms with van der Waals surface area (Å²) in [4.78, 5) is 3.91. The largest absolute Gasteiger partial charge is 0.494 e. The number of nitrogens with two attached hydrogens (primary N) is 2. The number of azo groups is 1. The summed E-state index contributed by atoms with van der Waals surface area (Å²) < 4.78 is 5.38. The standard InChI is InChI=1S/C13H15N5O/c1-2-19-10-5-3-4-9(8-10)17-18-11-6-7-12(14)16-13(11)15/h3-8H,2H2,1H3,(H4,14,15,16). The third kappa shape index (κ3) is 3.41. The molecule has 0 atom stereocenters. The van der Waals surface area contributed by atoms with Gasteiger partial charge in [-0.2, -0.15) is 5.11 Å². The lowest BCUT2D eigenvalue weighted by Crippen LogP contribution is -1.95. The number of aromatic nitrogens is 1. The van der Waals surface area contributed by atoms with Crippen molar-refractivity contribution in [3.05, 3.63) is 36.4 Å². The predicted octanol–water partition coefficient (Wildman–Crippen LogP) is 3.06. The van der Waals surface area contributed by atoms with Crippen LogP contribution in [0.2, 0.25) is 0 Å². The molecule has 6 nitrogen and oxygen atoms in total. The van der Waals surface area contributed by atoms with E-state index in [1.54, 1.807) is 18.2 Å². The Morgan fingerprint density at radius 2 is 2.00 bits per heavy atom. The van der Waals surface area contributed by atoms with Crippen molar-refractivity contribution >= 4 is 23.0 Å². The maximum Gasteiger partial charge on any atom is 0.153 e. The first-order valence-corrected chi connectivity index (χ1v) is 5.85. The number of pyridine rings is 1. The van der Waals surface area contributed by atoms with Gasteiger partial charge in [0.2, 0.25) is 0 Å². The van der Waals surface area contributed by atoms with Crippen LogP contribution in [0, 0.1) is 0 Å². The molecule has 0 aliphatic heterocycles. The van der Waals surface area contributed by atoms with Crippen molar-refractivity contribution < 1.29 is 4.74 Å². The summed E-state index contributed by atoms with van der Waals surface area (Å²) in [6, 6.07) is 10.6. The van der Waals surface area contributed by atoms with E-state index in [2.05, 4.69) is 15.2 Å². The van der Waals surface area contributed by atoms with Crippen molar-refractivity contribution in [2.45, 2.75) is 6.92 Å². The molecule has 0 aliphatic rings. The number of nitrogen functional groups attached to an aromatic ring is 2. The van der Waals surface area contributed by atoms with Gasteiger partial charge in [0, 0.05) is 6.07 Å². The van der Waals surface area contributed by atoms with E-state index in [1.807, 2.05) is 25.1 Å². The van der Waals surface area contributed by atoms with Crippen LogP contribution < -0.4 is 16.2 Å². The molecule has 0 unspecified atom stereocenters. The maximum absolute atomic E-state index is 5.69. The fraction of sp³-hybridized carbons (Fsp3) is 0.154. The molecule has 0 aliphatic carbocycles. The number of benzene rings is 1. The van der Waals surface area contributed by atoms with Crippen LogP contribution in [0.1, 0.15) is 6.92 Å². The molecule has 0 saturated heterocycles. The van der Waals surface area contributed by atoms with Gasteiger partial charge in [0.05, 0.1) is 12.3 Å². The Morgan fingerprint density at radius 3 is 2.74 bits per heavy atom. The van der Waals surface area contributed by atoms with Gasteiger partial charge in [0.15, 0.2) is 5.82 Å². The van der Waals surface area contributed by atoms with E-state index in [4.69, 9.17) is 16.2 Å². The SMILES string of the molecule is CCOc1cccc(N=Nc2ccc(N)nc2N)c1. The van der Waals surface area contributed by atoms with Crippen LogP contribution in [0.3, 0.4) is 0 Å². The van der Waals surface area contributed by atoms with Gasteiger partial charge in [-0.1, -0.05) is 6.07 Å². The summed E-state index contributed by atoms with van der Waals surface area (Å²) in [5.74, 6) is 1.36. The highest BCUT2D eigenvalue weighted by molar-refractivity contribution is 5.60. The van der Waals surface area contributed by atoms with Gasteiger partial charge >= 0.3 is 0 Å². The van der Waals surface area contributed by atoms with Crippen molar-refractivity contribution in [3.8, 4) is 5.75 Å². The zero-order valence-electron chi connectivity index (χ0n) is 10.6. The van der Waals surface area contributed by atoms with E-state index in [-0.39, 0.29) is 5.82 Å². The van der Waals surface area contributed by atoms with Gasteiger partial charge in [0.1, 0.15) is 17.3 Å². The lowest BCUT2D eigenvalue weighted by molar-refractivity contribution is 0.340. The number of hydrogen-bond acceptors (Lipinski definition) is 6. The Balaban J connectivity index is 2.20. The molecular weight excluding hydrogens is 242 g/mol. The van der Waals surface area contributed by atoms with Crippen LogP contribution in [0.5, 0.6) is 5.75 Å². The Morgan fingerprint density at radius 1 is 1.16 bits per heavy atom. The third-order valence-electron chi connectivity index (χ3n) is 2.33. The molecule has 0 saturated carbocycles. The Hall–Kier alpha value is -2.63. The maximum atomic E-state index is 5.69. The van der Waals surface area contributed by atoms with E-state index in [0.717, 1.165) is 5.75 Å². The normalized spacial score (nSPS) is 10.8. The van der Waals surface area contributed by atoms with Gasteiger partial charge in [-0.15, -0.1) is 5.11 Å². The summed E-state index contributed by atoms with van der Waals surface area (Å²) in [5, 5.41) is 8.14. The molecule has 4 N–H and O–H groups in total. The van der Waals surface area contributed by atoms with E-state index < -0.39 is 0 Å². The van der Waals surface area contributed by atoms with Gasteiger partial charge < -0.3 is 16.2 Å². The highest BCUT2D eigenvalue weighted by atomic mass is 16.5. The Kier molecular flexibility index (Phi) is 3.92. The van der Waals surface area contributed by atoms with Crippen LogP contribution in [0.25, 0.3) is 0 Å². The minimum absolute atomic E-state index is 0.254. The predicted molar refractivity (Wildman–Crippen MR) is 74.8 cm³/mol. The lowest BCUT2D eigenvalue weighted by atomic mass is 10.3. The Bertz CT molecular complexity index is 597. The molecule has 0 fully saturated rings. The second-order valence-electron chi connectivity index (χ2n) is 3.77. The number of hydrogen-bond donors (Lipinski definition) is 2. The molecule has 0 radical (unpaired) electrons. The van der Waals surface area contributed by atoms with Gasteiger partial charge in [-0.3, -0.25) is 0 Å². The van der Waals surface area contributed by atoms with Crippen LogP contribution >= 0.6 is 0 Å². The summed E-state index contributed by atoms with van der Waals surface area (Å²) in [7, 11) is 0. The average molecular weight is 257 g/mol. The molecule has 2 rings (SSSR count). The summed E-state index contributed by atoms with van der Waals surface area (Å²) in [5.41, 5.74) is 12.4. The quantitative estimate of drug-likeness (QED) is 0.822. The van der Waals surface area contributed by atoms with Crippen LogP contribution in [-0.4, -0.2) is 11.6 Å². The molecule has 0 spiro atoms. The first kappa shape index (κ1) is 12.8. The smallest absolute Gasteiger partial charge is 0.153 e. The van der Waals surface area contributed by atoms with E-state index in [9.17, 15) is 0 Å². The first-order chi connectivity index (χ1) is 9.19. The fourth-order valence-electron chi connectivity index (χ4n) is 1.48. The minimum atomic E-state index is 0.254. The van der Waals surface area contributed by atoms with Crippen molar-refractivity contribution in [1.29, 1.82) is 0 Å². The molecule has 19 heavy (non-hydrogen) atoms. The molecule has 1 aromatic heterocycles. The van der Waals surface area contributed by atoms with Crippen molar-refractivity contribution in [2.75, 3.05) is 18.1 Å². The fourth-order valence-corrected chi connectivity index (χ4v) is 1.48. The van der Waals surface area contributed by atoms with E-state index in [1.165, 1.54) is 0 Å². The molecule has 0 bridgehead atoms. The van der Waals surface area contributed by atoms with Gasteiger partial charge in [-0.25, -0.2) is 4.98 Å². The summed E-state index contributed by atoms with van der Waals surface area (Å²) >= 11 is 0. The monoisotopic (exact) mass is 257 g/mol. The van der Waals surface area contributed by atoms with Gasteiger partial charge in [0.25, 0.3) is 0 Å². The van der Waals surface area contributed by atoms with Crippen LogP contribution in [0.15, 0.2) is 46.6 Å². The number of ether oxygens (including phenoxy) is 1. The topological polar surface area (TPSA) is 98.9 Å². The molecular formula is C13H15N5O. The molecule has 1 aromatic carbocycles. The van der Waals surface area contributed by atoms with Crippen LogP contribution in [-0.2, 0) is 0 Å². The zero-order valence-corrected chi connectivity index (χ0v) is 10.6. The zero-order chi connectivity index (χ0) is 13.7. The van der Waals surface area contributed by atoms with Crippen molar-refractivity contribution in [1.82, 2.24) is 4.98 Å². The second kappa shape index (κ2) is 5.81. The van der Waals surface area contributed by atoms with Crippen molar-refractivity contribution in [2.24, 2.45) is 10.2 Å². The molecule has 0 amide bonds. The molecule has 98 valence electrons. The van der Waals surface area contributed by atoms with Crippen LogP contribution in [0.4, 0.5) is 23.0 Å². The van der Waals surface area contributed by atoms with E-state index >= 15 is 0 Å². The third-order valence-corrected chi connectivity index (χ3v) is 2.33. The highest BCUT2D eigenvalue weighted by Gasteiger charge is 2.00. The Labute approximate surface area is 111 Å². The summed E-state index contributed by atoms with van der Waals surface area (Å²) in [6.45, 7) is 2.53. The minimum Gasteiger partial charge on any atom is -0.494 e.